The molecule has 0 aliphatic rings. The summed E-state index contributed by atoms with van der Waals surface area (Å²) in [5.74, 6) is -2.60. The number of nitrogens with zero attached hydrogens (tertiary/aromatic N) is 2. The quantitative estimate of drug-likeness (QED) is 0.260. The van der Waals surface area contributed by atoms with Crippen molar-refractivity contribution in [3.05, 3.63) is 41.8 Å². The van der Waals surface area contributed by atoms with Crippen molar-refractivity contribution in [1.29, 1.82) is 0 Å². The van der Waals surface area contributed by atoms with E-state index in [-0.39, 0.29) is 24.9 Å². The van der Waals surface area contributed by atoms with E-state index in [1.165, 1.54) is 12.1 Å². The molecule has 0 saturated carbocycles. The fourth-order valence-corrected chi connectivity index (χ4v) is 2.76. The second kappa shape index (κ2) is 15.0. The normalized spacial score (nSPS) is 11.1. The molecule has 9 nitrogen and oxygen atoms in total. The number of aromatic nitrogens is 1. The topological polar surface area (TPSA) is 136 Å². The third kappa shape index (κ3) is 11.2. The molecule has 1 amide bonds. The van der Waals surface area contributed by atoms with E-state index in [1.54, 1.807) is 18.3 Å². The maximum Gasteiger partial charge on any atom is 0.490 e. The number of carbonyl (C=O) groups excluding carboxylic acids is 1. The zero-order valence-corrected chi connectivity index (χ0v) is 18.2. The molecule has 1 heterocycles. The summed E-state index contributed by atoms with van der Waals surface area (Å²) in [4.78, 5) is 22.9. The van der Waals surface area contributed by atoms with Gasteiger partial charge in [-0.15, -0.1) is 0 Å². The van der Waals surface area contributed by atoms with E-state index >= 15 is 0 Å². The monoisotopic (exact) mass is 493 g/mol. The van der Waals surface area contributed by atoms with Crippen LogP contribution >= 0.6 is 0 Å². The Morgan fingerprint density at radius 3 is 2.18 bits per heavy atom. The molecule has 4 N–H and O–H groups in total. The molecule has 13 heteroatoms. The van der Waals surface area contributed by atoms with Gasteiger partial charge in [-0.25, -0.2) is 9.18 Å². The Bertz CT molecular complexity index is 868. The maximum absolute atomic E-state index is 13.0. The van der Waals surface area contributed by atoms with Gasteiger partial charge in [-0.2, -0.15) is 13.2 Å². The number of nitrogens with one attached hydrogen (secondary N) is 1. The maximum atomic E-state index is 13.0. The summed E-state index contributed by atoms with van der Waals surface area (Å²) in [5, 5.41) is 31.7. The van der Waals surface area contributed by atoms with E-state index in [2.05, 4.69) is 10.5 Å². The van der Waals surface area contributed by atoms with Gasteiger partial charge in [-0.1, -0.05) is 5.16 Å². The lowest BCUT2D eigenvalue weighted by Gasteiger charge is -2.19. The van der Waals surface area contributed by atoms with Crippen molar-refractivity contribution in [1.82, 2.24) is 15.4 Å². The van der Waals surface area contributed by atoms with Crippen LogP contribution in [0.3, 0.4) is 0 Å². The molecule has 0 spiro atoms. The summed E-state index contributed by atoms with van der Waals surface area (Å²) in [6.45, 7) is 2.33. The molecule has 0 bridgehead atoms. The Kier molecular flexibility index (Phi) is 12.8. The van der Waals surface area contributed by atoms with Gasteiger partial charge in [0.05, 0.1) is 19.4 Å². The summed E-state index contributed by atoms with van der Waals surface area (Å²) in [6, 6.07) is 5.93. The Labute approximate surface area is 193 Å². The van der Waals surface area contributed by atoms with Crippen LogP contribution in [0.5, 0.6) is 0 Å². The molecule has 1 aromatic carbocycles. The van der Waals surface area contributed by atoms with E-state index in [4.69, 9.17) is 24.6 Å². The van der Waals surface area contributed by atoms with E-state index < -0.39 is 12.1 Å². The van der Waals surface area contributed by atoms with Crippen molar-refractivity contribution >= 4 is 11.9 Å². The van der Waals surface area contributed by atoms with Crippen LogP contribution in [0.1, 0.15) is 18.4 Å². The molecular weight excluding hydrogens is 466 g/mol. The summed E-state index contributed by atoms with van der Waals surface area (Å²) >= 11 is 0. The number of amides is 1. The van der Waals surface area contributed by atoms with E-state index in [1.807, 2.05) is 4.90 Å². The van der Waals surface area contributed by atoms with Gasteiger partial charge in [0.2, 0.25) is 5.91 Å². The minimum absolute atomic E-state index is 0.0431. The van der Waals surface area contributed by atoms with Crippen molar-refractivity contribution in [2.24, 2.45) is 0 Å². The van der Waals surface area contributed by atoms with Crippen LogP contribution in [0.25, 0.3) is 11.3 Å². The SMILES string of the molecule is O=C(CCc1cnoc1-c1ccc(F)cc1)NCCCN(CCO)CCO.O=C(O)C(F)(F)F. The number of rotatable bonds is 12. The van der Waals surface area contributed by atoms with Gasteiger partial charge in [0.25, 0.3) is 0 Å². The molecule has 0 atom stereocenters. The van der Waals surface area contributed by atoms with Gasteiger partial charge < -0.3 is 25.2 Å². The van der Waals surface area contributed by atoms with Crippen LogP contribution in [0, 0.1) is 5.82 Å². The van der Waals surface area contributed by atoms with Gasteiger partial charge in [-0.3, -0.25) is 9.69 Å². The number of aliphatic carboxylic acids is 1. The highest BCUT2D eigenvalue weighted by Gasteiger charge is 2.38. The smallest absolute Gasteiger partial charge is 0.475 e. The lowest BCUT2D eigenvalue weighted by molar-refractivity contribution is -0.192. The third-order valence-corrected chi connectivity index (χ3v) is 4.42. The van der Waals surface area contributed by atoms with Gasteiger partial charge in [0, 0.05) is 37.2 Å². The lowest BCUT2D eigenvalue weighted by Crippen LogP contribution is -2.33. The van der Waals surface area contributed by atoms with Crippen LogP contribution in [-0.4, -0.2) is 82.8 Å². The number of carboxylic acid groups (broad SMARTS) is 1. The largest absolute Gasteiger partial charge is 0.490 e. The number of halogens is 4. The van der Waals surface area contributed by atoms with Crippen molar-refractivity contribution in [2.75, 3.05) is 39.4 Å². The molecule has 0 aliphatic heterocycles. The summed E-state index contributed by atoms with van der Waals surface area (Å²) < 4.78 is 50.0. The molecular formula is C21H27F4N3O6. The fourth-order valence-electron chi connectivity index (χ4n) is 2.76. The fraction of sp³-hybridized carbons (Fsp3) is 0.476. The molecule has 190 valence electrons. The first-order chi connectivity index (χ1) is 16.1. The van der Waals surface area contributed by atoms with Crippen molar-refractivity contribution in [3.8, 4) is 11.3 Å². The molecule has 2 aromatic rings. The third-order valence-electron chi connectivity index (χ3n) is 4.42. The predicted molar refractivity (Wildman–Crippen MR) is 112 cm³/mol. The van der Waals surface area contributed by atoms with E-state index in [9.17, 15) is 22.4 Å². The first kappa shape index (κ1) is 29.0. The van der Waals surface area contributed by atoms with Gasteiger partial charge >= 0.3 is 12.1 Å². The van der Waals surface area contributed by atoms with Crippen LogP contribution in [-0.2, 0) is 16.0 Å². The van der Waals surface area contributed by atoms with Crippen molar-refractivity contribution < 1.29 is 47.0 Å². The number of carbonyl (C=O) groups is 2. The number of carboxylic acids is 1. The number of aryl methyl sites for hydroxylation is 1. The van der Waals surface area contributed by atoms with Gasteiger partial charge in [0.1, 0.15) is 5.82 Å². The minimum atomic E-state index is -5.08. The van der Waals surface area contributed by atoms with E-state index in [0.29, 0.717) is 44.8 Å². The van der Waals surface area contributed by atoms with Crippen LogP contribution in [0.4, 0.5) is 17.6 Å². The highest BCUT2D eigenvalue weighted by molar-refractivity contribution is 5.76. The zero-order valence-electron chi connectivity index (χ0n) is 18.2. The Balaban J connectivity index is 0.000000718. The second-order valence-electron chi connectivity index (χ2n) is 6.98. The highest BCUT2D eigenvalue weighted by atomic mass is 19.4. The molecule has 0 aliphatic carbocycles. The number of benzene rings is 1. The molecule has 2 rings (SSSR count). The molecule has 0 radical (unpaired) electrons. The standard InChI is InChI=1S/C19H26FN3O4.C2HF3O2/c20-17-5-2-15(3-6-17)19-16(14-22-27-19)4-7-18(26)21-8-1-9-23(10-12-24)11-13-25;3-2(4,5)1(6)7/h2-3,5-6,14,24-25H,1,4,7-13H2,(H,21,26);(H,6,7). The zero-order chi connectivity index (χ0) is 25.6. The molecule has 0 fully saturated rings. The lowest BCUT2D eigenvalue weighted by atomic mass is 10.1. The number of hydrogen-bond acceptors (Lipinski definition) is 7. The van der Waals surface area contributed by atoms with Crippen molar-refractivity contribution in [3.63, 3.8) is 0 Å². The Morgan fingerprint density at radius 2 is 1.65 bits per heavy atom. The Morgan fingerprint density at radius 1 is 1.06 bits per heavy atom. The van der Waals surface area contributed by atoms with E-state index in [0.717, 1.165) is 17.5 Å². The number of aliphatic hydroxyl groups is 2. The predicted octanol–water partition coefficient (Wildman–Crippen LogP) is 1.84. The first-order valence-corrected chi connectivity index (χ1v) is 10.3. The van der Waals surface area contributed by atoms with Crippen LogP contribution in [0.15, 0.2) is 35.0 Å². The number of aliphatic hydroxyl groups excluding tert-OH is 2. The average molecular weight is 493 g/mol. The van der Waals surface area contributed by atoms with Gasteiger partial charge in [0.15, 0.2) is 5.76 Å². The number of alkyl halides is 3. The summed E-state index contributed by atoms with van der Waals surface area (Å²) in [5.41, 5.74) is 1.52. The van der Waals surface area contributed by atoms with Gasteiger partial charge in [-0.05, 0) is 43.7 Å². The molecule has 1 aromatic heterocycles. The number of hydrogen-bond donors (Lipinski definition) is 4. The summed E-state index contributed by atoms with van der Waals surface area (Å²) in [7, 11) is 0. The molecule has 0 unspecified atom stereocenters. The summed E-state index contributed by atoms with van der Waals surface area (Å²) in [6.07, 6.45) is -2.00. The Hall–Kier alpha value is -3.03. The molecule has 0 saturated heterocycles. The highest BCUT2D eigenvalue weighted by Crippen LogP contribution is 2.24. The second-order valence-corrected chi connectivity index (χ2v) is 6.98. The van der Waals surface area contributed by atoms with Crippen LogP contribution < -0.4 is 5.32 Å². The molecule has 34 heavy (non-hydrogen) atoms. The van der Waals surface area contributed by atoms with Crippen molar-refractivity contribution in [2.45, 2.75) is 25.4 Å². The minimum Gasteiger partial charge on any atom is -0.475 e. The first-order valence-electron chi connectivity index (χ1n) is 10.3. The average Bonchev–Trinajstić information content (AvgIpc) is 3.24. The van der Waals surface area contributed by atoms with Crippen LogP contribution in [0.2, 0.25) is 0 Å².